The van der Waals surface area contributed by atoms with Crippen LogP contribution in [0.25, 0.3) is 0 Å². The second-order valence-corrected chi connectivity index (χ2v) is 6.18. The quantitative estimate of drug-likeness (QED) is 0.835. The summed E-state index contributed by atoms with van der Waals surface area (Å²) in [6.45, 7) is 4.22. The van der Waals surface area contributed by atoms with Crippen LogP contribution >= 0.6 is 0 Å². The van der Waals surface area contributed by atoms with E-state index in [0.717, 1.165) is 18.8 Å². The van der Waals surface area contributed by atoms with Gasteiger partial charge in [0.05, 0.1) is 0 Å². The van der Waals surface area contributed by atoms with Gasteiger partial charge < -0.3 is 10.2 Å². The second kappa shape index (κ2) is 5.12. The molecule has 0 radical (unpaired) electrons. The summed E-state index contributed by atoms with van der Waals surface area (Å²) in [4.78, 5) is 2.38. The van der Waals surface area contributed by atoms with Gasteiger partial charge in [0.15, 0.2) is 0 Å². The molecule has 1 heterocycles. The van der Waals surface area contributed by atoms with Crippen molar-refractivity contribution in [1.29, 1.82) is 0 Å². The first-order chi connectivity index (χ1) is 9.19. The second-order valence-electron chi connectivity index (χ2n) is 6.18. The third-order valence-corrected chi connectivity index (χ3v) is 4.73. The molecule has 1 unspecified atom stereocenters. The lowest BCUT2D eigenvalue weighted by Gasteiger charge is -2.50. The summed E-state index contributed by atoms with van der Waals surface area (Å²) >= 11 is 0. The van der Waals surface area contributed by atoms with E-state index < -0.39 is 0 Å². The zero-order chi connectivity index (χ0) is 13.3. The largest absolute Gasteiger partial charge is 0.366 e. The van der Waals surface area contributed by atoms with E-state index in [1.165, 1.54) is 38.2 Å². The fourth-order valence-corrected chi connectivity index (χ4v) is 3.58. The SMILES string of the molecule is CC1CNC2(CCCCC2)CN1c1cccc(F)c1. The normalized spacial score (nSPS) is 26.6. The van der Waals surface area contributed by atoms with Gasteiger partial charge in [0.25, 0.3) is 0 Å². The molecule has 19 heavy (non-hydrogen) atoms. The fraction of sp³-hybridized carbons (Fsp3) is 0.625. The summed E-state index contributed by atoms with van der Waals surface area (Å²) in [7, 11) is 0. The minimum atomic E-state index is -0.138. The van der Waals surface area contributed by atoms with Gasteiger partial charge in [-0.15, -0.1) is 0 Å². The van der Waals surface area contributed by atoms with E-state index in [4.69, 9.17) is 0 Å². The van der Waals surface area contributed by atoms with Crippen LogP contribution in [0.4, 0.5) is 10.1 Å². The van der Waals surface area contributed by atoms with E-state index in [2.05, 4.69) is 17.1 Å². The van der Waals surface area contributed by atoms with Crippen molar-refractivity contribution in [1.82, 2.24) is 5.32 Å². The van der Waals surface area contributed by atoms with Crippen LogP contribution in [0.15, 0.2) is 24.3 Å². The Morgan fingerprint density at radius 3 is 2.79 bits per heavy atom. The number of hydrogen-bond donors (Lipinski definition) is 1. The maximum absolute atomic E-state index is 13.4. The van der Waals surface area contributed by atoms with E-state index in [1.54, 1.807) is 6.07 Å². The van der Waals surface area contributed by atoms with Crippen molar-refractivity contribution in [3.63, 3.8) is 0 Å². The Morgan fingerprint density at radius 1 is 1.26 bits per heavy atom. The van der Waals surface area contributed by atoms with Crippen molar-refractivity contribution >= 4 is 5.69 Å². The zero-order valence-electron chi connectivity index (χ0n) is 11.7. The van der Waals surface area contributed by atoms with Gasteiger partial charge in [-0.05, 0) is 38.0 Å². The Balaban J connectivity index is 1.83. The number of anilines is 1. The van der Waals surface area contributed by atoms with E-state index >= 15 is 0 Å². The molecule has 104 valence electrons. The third kappa shape index (κ3) is 2.62. The number of piperazine rings is 1. The highest BCUT2D eigenvalue weighted by atomic mass is 19.1. The number of nitrogens with zero attached hydrogens (tertiary/aromatic N) is 1. The molecule has 1 atom stereocenters. The van der Waals surface area contributed by atoms with E-state index in [0.29, 0.717) is 6.04 Å². The predicted molar refractivity (Wildman–Crippen MR) is 77.0 cm³/mol. The van der Waals surface area contributed by atoms with Gasteiger partial charge in [-0.1, -0.05) is 25.3 Å². The highest BCUT2D eigenvalue weighted by Gasteiger charge is 2.38. The third-order valence-electron chi connectivity index (χ3n) is 4.73. The van der Waals surface area contributed by atoms with Gasteiger partial charge in [-0.3, -0.25) is 0 Å². The average Bonchev–Trinajstić information content (AvgIpc) is 2.43. The monoisotopic (exact) mass is 262 g/mol. The number of hydrogen-bond acceptors (Lipinski definition) is 2. The minimum Gasteiger partial charge on any atom is -0.366 e. The summed E-state index contributed by atoms with van der Waals surface area (Å²) < 4.78 is 13.4. The van der Waals surface area contributed by atoms with Crippen LogP contribution in [0, 0.1) is 5.82 Å². The first-order valence-electron chi connectivity index (χ1n) is 7.46. The van der Waals surface area contributed by atoms with Crippen LogP contribution in [0.2, 0.25) is 0 Å². The van der Waals surface area contributed by atoms with Gasteiger partial charge in [0.1, 0.15) is 5.82 Å². The van der Waals surface area contributed by atoms with Crippen molar-refractivity contribution in [2.45, 2.75) is 50.6 Å². The lowest BCUT2D eigenvalue weighted by molar-refractivity contribution is 0.200. The van der Waals surface area contributed by atoms with Crippen molar-refractivity contribution in [2.75, 3.05) is 18.0 Å². The number of rotatable bonds is 1. The van der Waals surface area contributed by atoms with E-state index in [1.807, 2.05) is 12.1 Å². The predicted octanol–water partition coefficient (Wildman–Crippen LogP) is 3.33. The highest BCUT2D eigenvalue weighted by Crippen LogP contribution is 2.33. The molecule has 2 aliphatic rings. The van der Waals surface area contributed by atoms with Crippen molar-refractivity contribution in [3.05, 3.63) is 30.1 Å². The Labute approximate surface area is 115 Å². The lowest BCUT2D eigenvalue weighted by Crippen LogP contribution is -2.64. The zero-order valence-corrected chi connectivity index (χ0v) is 11.7. The van der Waals surface area contributed by atoms with Crippen LogP contribution in [0.1, 0.15) is 39.0 Å². The summed E-state index contributed by atoms with van der Waals surface area (Å²) in [6.07, 6.45) is 6.51. The molecule has 0 bridgehead atoms. The molecule has 1 saturated heterocycles. The minimum absolute atomic E-state index is 0.138. The Hall–Kier alpha value is -1.09. The molecule has 1 N–H and O–H groups in total. The van der Waals surface area contributed by atoms with Crippen LogP contribution < -0.4 is 10.2 Å². The standard InChI is InChI=1S/C16H23FN2/c1-13-11-18-16(8-3-2-4-9-16)12-19(13)15-7-5-6-14(17)10-15/h5-7,10,13,18H,2-4,8-9,11-12H2,1H3. The van der Waals surface area contributed by atoms with Gasteiger partial charge in [-0.25, -0.2) is 4.39 Å². The van der Waals surface area contributed by atoms with Crippen LogP contribution in [0.5, 0.6) is 0 Å². The summed E-state index contributed by atoms with van der Waals surface area (Å²) in [5, 5.41) is 3.76. The summed E-state index contributed by atoms with van der Waals surface area (Å²) in [5.74, 6) is -0.138. The summed E-state index contributed by atoms with van der Waals surface area (Å²) in [5.41, 5.74) is 1.29. The van der Waals surface area contributed by atoms with E-state index in [-0.39, 0.29) is 11.4 Å². The van der Waals surface area contributed by atoms with Gasteiger partial charge in [-0.2, -0.15) is 0 Å². The molecule has 3 rings (SSSR count). The molecule has 1 aromatic rings. The number of benzene rings is 1. The Morgan fingerprint density at radius 2 is 2.05 bits per heavy atom. The molecule has 1 aliphatic heterocycles. The lowest BCUT2D eigenvalue weighted by atomic mass is 9.79. The topological polar surface area (TPSA) is 15.3 Å². The molecule has 1 saturated carbocycles. The molecule has 1 spiro atoms. The maximum Gasteiger partial charge on any atom is 0.125 e. The van der Waals surface area contributed by atoms with Gasteiger partial charge >= 0.3 is 0 Å². The van der Waals surface area contributed by atoms with E-state index in [9.17, 15) is 4.39 Å². The number of nitrogens with one attached hydrogen (secondary N) is 1. The molecule has 2 fully saturated rings. The summed E-state index contributed by atoms with van der Waals surface area (Å²) in [6, 6.07) is 7.45. The van der Waals surface area contributed by atoms with Crippen molar-refractivity contribution in [2.24, 2.45) is 0 Å². The smallest absolute Gasteiger partial charge is 0.125 e. The fourth-order valence-electron chi connectivity index (χ4n) is 3.58. The molecule has 0 amide bonds. The van der Waals surface area contributed by atoms with Crippen molar-refractivity contribution in [3.8, 4) is 0 Å². The molecule has 0 aromatic heterocycles. The molecule has 2 nitrogen and oxygen atoms in total. The number of halogens is 1. The molecule has 1 aromatic carbocycles. The van der Waals surface area contributed by atoms with Crippen LogP contribution in [-0.4, -0.2) is 24.7 Å². The molecular weight excluding hydrogens is 239 g/mol. The van der Waals surface area contributed by atoms with Gasteiger partial charge in [0.2, 0.25) is 0 Å². The highest BCUT2D eigenvalue weighted by molar-refractivity contribution is 5.48. The van der Waals surface area contributed by atoms with Crippen LogP contribution in [-0.2, 0) is 0 Å². The maximum atomic E-state index is 13.4. The van der Waals surface area contributed by atoms with Crippen LogP contribution in [0.3, 0.4) is 0 Å². The Kier molecular flexibility index (Phi) is 3.48. The van der Waals surface area contributed by atoms with Gasteiger partial charge in [0, 0.05) is 30.4 Å². The Bertz CT molecular complexity index is 440. The molecular formula is C16H23FN2. The average molecular weight is 262 g/mol. The van der Waals surface area contributed by atoms with Crippen molar-refractivity contribution < 1.29 is 4.39 Å². The molecule has 3 heteroatoms. The first-order valence-corrected chi connectivity index (χ1v) is 7.46. The first kappa shape index (κ1) is 12.9. The molecule has 1 aliphatic carbocycles.